The summed E-state index contributed by atoms with van der Waals surface area (Å²) in [4.78, 5) is 4.04. The minimum atomic E-state index is 0.00247. The number of benzene rings is 1. The first-order valence-corrected chi connectivity index (χ1v) is 4.13. The van der Waals surface area contributed by atoms with Crippen LogP contribution in [0.5, 0.6) is 11.5 Å². The van der Waals surface area contributed by atoms with E-state index < -0.39 is 0 Å². The molecule has 1 aromatic carbocycles. The molecule has 4 heteroatoms. The molecule has 0 saturated carbocycles. The van der Waals surface area contributed by atoms with Crippen LogP contribution in [0.25, 0.3) is 10.9 Å². The molecule has 1 aromatic heterocycles. The van der Waals surface area contributed by atoms with Crippen molar-refractivity contribution in [2.75, 3.05) is 12.8 Å². The second-order valence-corrected chi connectivity index (χ2v) is 2.94. The molecule has 0 fully saturated rings. The van der Waals surface area contributed by atoms with E-state index in [9.17, 15) is 5.11 Å². The van der Waals surface area contributed by atoms with Crippen molar-refractivity contribution in [3.8, 4) is 11.5 Å². The van der Waals surface area contributed by atoms with Crippen LogP contribution in [-0.4, -0.2) is 17.2 Å². The van der Waals surface area contributed by atoms with E-state index in [4.69, 9.17) is 10.5 Å². The van der Waals surface area contributed by atoms with Crippen LogP contribution in [0, 0.1) is 0 Å². The maximum absolute atomic E-state index is 9.33. The zero-order chi connectivity index (χ0) is 10.1. The third-order valence-corrected chi connectivity index (χ3v) is 2.10. The number of fused-ring (bicyclic) bond motifs is 1. The van der Waals surface area contributed by atoms with Crippen LogP contribution in [0.15, 0.2) is 24.4 Å². The normalized spacial score (nSPS) is 10.4. The molecule has 0 aliphatic rings. The van der Waals surface area contributed by atoms with Gasteiger partial charge in [0.2, 0.25) is 0 Å². The highest BCUT2D eigenvalue weighted by Gasteiger charge is 2.04. The molecule has 2 rings (SSSR count). The van der Waals surface area contributed by atoms with Gasteiger partial charge in [0.1, 0.15) is 5.75 Å². The van der Waals surface area contributed by atoms with E-state index in [1.807, 2.05) is 0 Å². The number of ether oxygens (including phenoxy) is 1. The highest BCUT2D eigenvalue weighted by molar-refractivity contribution is 5.93. The Kier molecular flexibility index (Phi) is 1.89. The Hall–Kier alpha value is -1.97. The lowest BCUT2D eigenvalue weighted by atomic mass is 10.2. The molecule has 0 unspecified atom stereocenters. The molecule has 72 valence electrons. The van der Waals surface area contributed by atoms with E-state index in [0.29, 0.717) is 11.2 Å². The van der Waals surface area contributed by atoms with Gasteiger partial charge in [-0.1, -0.05) is 0 Å². The lowest BCUT2D eigenvalue weighted by Crippen LogP contribution is -1.91. The maximum Gasteiger partial charge on any atom is 0.157 e. The summed E-state index contributed by atoms with van der Waals surface area (Å²) in [5, 5.41) is 10.1. The monoisotopic (exact) mass is 190 g/mol. The molecule has 4 nitrogen and oxygen atoms in total. The summed E-state index contributed by atoms with van der Waals surface area (Å²) >= 11 is 0. The summed E-state index contributed by atoms with van der Waals surface area (Å²) in [7, 11) is 1.59. The van der Waals surface area contributed by atoms with E-state index in [1.165, 1.54) is 6.20 Å². The van der Waals surface area contributed by atoms with Gasteiger partial charge in [-0.15, -0.1) is 0 Å². The standard InChI is InChI=1S/C10H10N2O2/c1-14-6-2-3-7-8(4-6)12-5-9(13)10(7)11/h2-5,13H,1H3,(H2,11,12). The summed E-state index contributed by atoms with van der Waals surface area (Å²) < 4.78 is 5.05. The second-order valence-electron chi connectivity index (χ2n) is 2.94. The number of hydrogen-bond donors (Lipinski definition) is 2. The molecule has 2 aromatic rings. The highest BCUT2D eigenvalue weighted by Crippen LogP contribution is 2.29. The molecule has 0 amide bonds. The van der Waals surface area contributed by atoms with Gasteiger partial charge in [-0.3, -0.25) is 4.98 Å². The summed E-state index contributed by atoms with van der Waals surface area (Å²) in [6, 6.07) is 5.32. The molecule has 0 saturated heterocycles. The molecular formula is C10H10N2O2. The van der Waals surface area contributed by atoms with Gasteiger partial charge >= 0.3 is 0 Å². The molecule has 14 heavy (non-hydrogen) atoms. The molecule has 0 spiro atoms. The number of rotatable bonds is 1. The lowest BCUT2D eigenvalue weighted by Gasteiger charge is -2.05. The fourth-order valence-corrected chi connectivity index (χ4v) is 1.31. The largest absolute Gasteiger partial charge is 0.504 e. The topological polar surface area (TPSA) is 68.4 Å². The number of nitrogen functional groups attached to an aromatic ring is 1. The number of nitrogens with two attached hydrogens (primary N) is 1. The van der Waals surface area contributed by atoms with Crippen molar-refractivity contribution in [2.24, 2.45) is 0 Å². The van der Waals surface area contributed by atoms with Gasteiger partial charge in [-0.2, -0.15) is 0 Å². The van der Waals surface area contributed by atoms with Gasteiger partial charge in [0, 0.05) is 11.5 Å². The van der Waals surface area contributed by atoms with Crippen molar-refractivity contribution in [1.82, 2.24) is 4.98 Å². The molecule has 0 radical (unpaired) electrons. The summed E-state index contributed by atoms with van der Waals surface area (Å²) in [5.41, 5.74) is 6.73. The van der Waals surface area contributed by atoms with Crippen molar-refractivity contribution in [2.45, 2.75) is 0 Å². The second kappa shape index (κ2) is 3.06. The molecule has 0 atom stereocenters. The molecule has 0 bridgehead atoms. The summed E-state index contributed by atoms with van der Waals surface area (Å²) in [5.74, 6) is 0.720. The Morgan fingerprint density at radius 3 is 2.93 bits per heavy atom. The number of aromatic hydroxyl groups is 1. The van der Waals surface area contributed by atoms with Crippen LogP contribution in [0.3, 0.4) is 0 Å². The van der Waals surface area contributed by atoms with Crippen molar-refractivity contribution >= 4 is 16.6 Å². The number of anilines is 1. The molecule has 1 heterocycles. The average molecular weight is 190 g/mol. The number of hydrogen-bond acceptors (Lipinski definition) is 4. The molecule has 0 aliphatic heterocycles. The zero-order valence-electron chi connectivity index (χ0n) is 7.69. The van der Waals surface area contributed by atoms with Crippen LogP contribution in [-0.2, 0) is 0 Å². The quantitative estimate of drug-likeness (QED) is 0.715. The smallest absolute Gasteiger partial charge is 0.157 e. The zero-order valence-corrected chi connectivity index (χ0v) is 7.69. The van der Waals surface area contributed by atoms with Gasteiger partial charge in [-0.05, 0) is 12.1 Å². The minimum Gasteiger partial charge on any atom is -0.504 e. The number of nitrogens with zero attached hydrogens (tertiary/aromatic N) is 1. The van der Waals surface area contributed by atoms with Crippen molar-refractivity contribution < 1.29 is 9.84 Å². The fraction of sp³-hybridized carbons (Fsp3) is 0.100. The SMILES string of the molecule is COc1ccc2c(N)c(O)cnc2c1. The van der Waals surface area contributed by atoms with E-state index in [-0.39, 0.29) is 5.75 Å². The van der Waals surface area contributed by atoms with Crippen LogP contribution < -0.4 is 10.5 Å². The number of pyridine rings is 1. The van der Waals surface area contributed by atoms with Crippen LogP contribution >= 0.6 is 0 Å². The van der Waals surface area contributed by atoms with E-state index >= 15 is 0 Å². The van der Waals surface area contributed by atoms with Crippen LogP contribution in [0.4, 0.5) is 5.69 Å². The molecular weight excluding hydrogens is 180 g/mol. The van der Waals surface area contributed by atoms with Crippen molar-refractivity contribution in [1.29, 1.82) is 0 Å². The van der Waals surface area contributed by atoms with Gasteiger partial charge in [0.15, 0.2) is 5.75 Å². The minimum absolute atomic E-state index is 0.00247. The first kappa shape index (κ1) is 8.62. The first-order valence-electron chi connectivity index (χ1n) is 4.13. The highest BCUT2D eigenvalue weighted by atomic mass is 16.5. The Morgan fingerprint density at radius 2 is 2.21 bits per heavy atom. The summed E-state index contributed by atoms with van der Waals surface area (Å²) in [6.45, 7) is 0. The maximum atomic E-state index is 9.33. The Labute approximate surface area is 80.9 Å². The fourth-order valence-electron chi connectivity index (χ4n) is 1.31. The number of methoxy groups -OCH3 is 1. The Morgan fingerprint density at radius 1 is 1.43 bits per heavy atom. The van der Waals surface area contributed by atoms with Crippen LogP contribution in [0.2, 0.25) is 0 Å². The average Bonchev–Trinajstić information content (AvgIpc) is 2.23. The van der Waals surface area contributed by atoms with Gasteiger partial charge in [-0.25, -0.2) is 0 Å². The Bertz CT molecular complexity index is 483. The van der Waals surface area contributed by atoms with E-state index in [1.54, 1.807) is 25.3 Å². The third-order valence-electron chi connectivity index (χ3n) is 2.10. The van der Waals surface area contributed by atoms with E-state index in [0.717, 1.165) is 11.1 Å². The lowest BCUT2D eigenvalue weighted by molar-refractivity contribution is 0.415. The van der Waals surface area contributed by atoms with Gasteiger partial charge in [0.25, 0.3) is 0 Å². The third kappa shape index (κ3) is 1.21. The number of aromatic nitrogens is 1. The molecule has 3 N–H and O–H groups in total. The van der Waals surface area contributed by atoms with Gasteiger partial charge < -0.3 is 15.6 Å². The van der Waals surface area contributed by atoms with Crippen molar-refractivity contribution in [3.05, 3.63) is 24.4 Å². The van der Waals surface area contributed by atoms with E-state index in [2.05, 4.69) is 4.98 Å². The predicted octanol–water partition coefficient (Wildman–Crippen LogP) is 1.53. The van der Waals surface area contributed by atoms with Crippen molar-refractivity contribution in [3.63, 3.8) is 0 Å². The molecule has 0 aliphatic carbocycles. The Balaban J connectivity index is 2.74. The van der Waals surface area contributed by atoms with Crippen LogP contribution in [0.1, 0.15) is 0 Å². The first-order chi connectivity index (χ1) is 6.72. The summed E-state index contributed by atoms with van der Waals surface area (Å²) in [6.07, 6.45) is 1.33. The predicted molar refractivity (Wildman–Crippen MR) is 54.4 cm³/mol. The van der Waals surface area contributed by atoms with Gasteiger partial charge in [0.05, 0.1) is 24.5 Å².